The monoisotopic (exact) mass is 351 g/mol. The maximum Gasteiger partial charge on any atom is 0.223 e. The van der Waals surface area contributed by atoms with Crippen molar-refractivity contribution in [2.75, 3.05) is 6.54 Å². The van der Waals surface area contributed by atoms with Crippen molar-refractivity contribution in [3.8, 4) is 0 Å². The minimum Gasteiger partial charge on any atom is -0.330 e. The number of likely N-dealkylation sites (tertiary alicyclic amines) is 1. The van der Waals surface area contributed by atoms with Crippen LogP contribution in [-0.4, -0.2) is 29.2 Å². The van der Waals surface area contributed by atoms with Crippen LogP contribution in [-0.2, 0) is 9.59 Å². The molecule has 0 aromatic rings. The van der Waals surface area contributed by atoms with Gasteiger partial charge in [0.2, 0.25) is 5.91 Å². The standard InChI is InChI=1S/C22H41NO2/c1-3-5-6-7-8-9-10-11-12-13-14-16-21(25)23-19-15-18-22(23,20-24)17-4-2/h20H,3-19H2,1-2H3/t22-/m0/s1. The smallest absolute Gasteiger partial charge is 0.223 e. The fraction of sp³-hybridized carbons (Fsp3) is 0.909. The highest BCUT2D eigenvalue weighted by molar-refractivity contribution is 5.82. The average molecular weight is 352 g/mol. The molecule has 0 saturated carbocycles. The van der Waals surface area contributed by atoms with Crippen molar-refractivity contribution in [3.05, 3.63) is 0 Å². The van der Waals surface area contributed by atoms with E-state index in [0.29, 0.717) is 6.42 Å². The van der Waals surface area contributed by atoms with Crippen molar-refractivity contribution < 1.29 is 9.59 Å². The Kier molecular flexibility index (Phi) is 11.9. The maximum absolute atomic E-state index is 12.5. The summed E-state index contributed by atoms with van der Waals surface area (Å²) in [7, 11) is 0. The van der Waals surface area contributed by atoms with Crippen LogP contribution < -0.4 is 0 Å². The van der Waals surface area contributed by atoms with Gasteiger partial charge in [-0.15, -0.1) is 0 Å². The molecule has 3 nitrogen and oxygen atoms in total. The highest BCUT2D eigenvalue weighted by atomic mass is 16.2. The molecule has 1 heterocycles. The molecule has 146 valence electrons. The molecule has 0 N–H and O–H groups in total. The zero-order valence-electron chi connectivity index (χ0n) is 16.9. The summed E-state index contributed by atoms with van der Waals surface area (Å²) in [5.41, 5.74) is -0.483. The lowest BCUT2D eigenvalue weighted by molar-refractivity contribution is -0.139. The first-order chi connectivity index (χ1) is 12.2. The van der Waals surface area contributed by atoms with Gasteiger partial charge >= 0.3 is 0 Å². The average Bonchev–Trinajstić information content (AvgIpc) is 3.04. The van der Waals surface area contributed by atoms with Gasteiger partial charge in [-0.3, -0.25) is 4.79 Å². The topological polar surface area (TPSA) is 37.4 Å². The minimum absolute atomic E-state index is 0.203. The van der Waals surface area contributed by atoms with E-state index in [1.165, 1.54) is 57.8 Å². The lowest BCUT2D eigenvalue weighted by Crippen LogP contribution is -2.48. The fourth-order valence-electron chi connectivity index (χ4n) is 4.22. The van der Waals surface area contributed by atoms with E-state index in [4.69, 9.17) is 0 Å². The van der Waals surface area contributed by atoms with Crippen molar-refractivity contribution in [2.24, 2.45) is 0 Å². The van der Waals surface area contributed by atoms with Crippen molar-refractivity contribution in [1.29, 1.82) is 0 Å². The Balaban J connectivity index is 2.08. The molecule has 1 rings (SSSR count). The second kappa shape index (κ2) is 13.4. The molecular formula is C22H41NO2. The van der Waals surface area contributed by atoms with Crippen LogP contribution in [0, 0.1) is 0 Å². The number of carbonyl (C=O) groups is 2. The van der Waals surface area contributed by atoms with Crippen LogP contribution in [0.1, 0.15) is 117 Å². The number of hydrogen-bond donors (Lipinski definition) is 0. The molecule has 0 aromatic heterocycles. The molecule has 0 bridgehead atoms. The fourth-order valence-corrected chi connectivity index (χ4v) is 4.22. The van der Waals surface area contributed by atoms with Gasteiger partial charge in [-0.05, 0) is 25.7 Å². The van der Waals surface area contributed by atoms with Gasteiger partial charge in [-0.25, -0.2) is 0 Å². The van der Waals surface area contributed by atoms with E-state index in [0.717, 1.165) is 51.4 Å². The molecule has 1 amide bonds. The van der Waals surface area contributed by atoms with Gasteiger partial charge < -0.3 is 9.69 Å². The molecular weight excluding hydrogens is 310 g/mol. The summed E-state index contributed by atoms with van der Waals surface area (Å²) in [6.45, 7) is 5.13. The molecule has 3 heteroatoms. The zero-order chi connectivity index (χ0) is 18.4. The van der Waals surface area contributed by atoms with Gasteiger partial charge in [0.15, 0.2) is 0 Å². The maximum atomic E-state index is 12.5. The quantitative estimate of drug-likeness (QED) is 0.266. The predicted octanol–water partition coefficient (Wildman–Crippen LogP) is 6.05. The minimum atomic E-state index is -0.483. The molecule has 1 aliphatic heterocycles. The summed E-state index contributed by atoms with van der Waals surface area (Å²) >= 11 is 0. The summed E-state index contributed by atoms with van der Waals surface area (Å²) in [5.74, 6) is 0.203. The SMILES string of the molecule is CCCCCCCCCCCCCC(=O)N1CCC[C@]1(C=O)CCC. The molecule has 1 atom stereocenters. The van der Waals surface area contributed by atoms with E-state index < -0.39 is 5.54 Å². The van der Waals surface area contributed by atoms with Crippen molar-refractivity contribution in [3.63, 3.8) is 0 Å². The number of aldehydes is 1. The molecule has 0 radical (unpaired) electrons. The number of rotatable bonds is 15. The van der Waals surface area contributed by atoms with Gasteiger partial charge in [0.25, 0.3) is 0 Å². The second-order valence-electron chi connectivity index (χ2n) is 7.91. The van der Waals surface area contributed by atoms with Crippen LogP contribution in [0.2, 0.25) is 0 Å². The molecule has 0 aliphatic carbocycles. The van der Waals surface area contributed by atoms with Gasteiger partial charge in [0.05, 0.1) is 5.54 Å². The van der Waals surface area contributed by atoms with E-state index >= 15 is 0 Å². The largest absolute Gasteiger partial charge is 0.330 e. The highest BCUT2D eigenvalue weighted by Gasteiger charge is 2.42. The molecule has 1 saturated heterocycles. The lowest BCUT2D eigenvalue weighted by Gasteiger charge is -2.33. The van der Waals surface area contributed by atoms with Crippen LogP contribution in [0.15, 0.2) is 0 Å². The molecule has 25 heavy (non-hydrogen) atoms. The zero-order valence-corrected chi connectivity index (χ0v) is 16.9. The lowest BCUT2D eigenvalue weighted by atomic mass is 9.92. The van der Waals surface area contributed by atoms with E-state index in [9.17, 15) is 9.59 Å². The summed E-state index contributed by atoms with van der Waals surface area (Å²) < 4.78 is 0. The van der Waals surface area contributed by atoms with Crippen LogP contribution >= 0.6 is 0 Å². The van der Waals surface area contributed by atoms with Crippen molar-refractivity contribution in [1.82, 2.24) is 4.90 Å². The Morgan fingerprint density at radius 2 is 1.44 bits per heavy atom. The first-order valence-corrected chi connectivity index (χ1v) is 11.0. The van der Waals surface area contributed by atoms with Crippen LogP contribution in [0.3, 0.4) is 0 Å². The third-order valence-corrected chi connectivity index (χ3v) is 5.73. The van der Waals surface area contributed by atoms with Crippen molar-refractivity contribution >= 4 is 12.2 Å². The first kappa shape index (κ1) is 22.2. The second-order valence-corrected chi connectivity index (χ2v) is 7.91. The number of nitrogens with zero attached hydrogens (tertiary/aromatic N) is 1. The molecule has 0 unspecified atom stereocenters. The Morgan fingerprint density at radius 1 is 0.880 bits per heavy atom. The number of amides is 1. The number of hydrogen-bond acceptors (Lipinski definition) is 2. The number of unbranched alkanes of at least 4 members (excludes halogenated alkanes) is 10. The van der Waals surface area contributed by atoms with Gasteiger partial charge in [-0.1, -0.05) is 84.5 Å². The summed E-state index contributed by atoms with van der Waals surface area (Å²) in [4.78, 5) is 26.0. The van der Waals surface area contributed by atoms with E-state index in [1.54, 1.807) is 0 Å². The Hall–Kier alpha value is -0.860. The summed E-state index contributed by atoms with van der Waals surface area (Å²) in [5, 5.41) is 0. The van der Waals surface area contributed by atoms with E-state index in [2.05, 4.69) is 13.8 Å². The molecule has 1 fully saturated rings. The summed E-state index contributed by atoms with van der Waals surface area (Å²) in [6.07, 6.45) is 19.6. The Morgan fingerprint density at radius 3 is 1.96 bits per heavy atom. The van der Waals surface area contributed by atoms with E-state index in [-0.39, 0.29) is 5.91 Å². The third kappa shape index (κ3) is 7.92. The Bertz CT molecular complexity index is 369. The normalized spacial score (nSPS) is 20.2. The van der Waals surface area contributed by atoms with Crippen LogP contribution in [0.25, 0.3) is 0 Å². The van der Waals surface area contributed by atoms with E-state index in [1.807, 2.05) is 4.90 Å². The predicted molar refractivity (Wildman–Crippen MR) is 106 cm³/mol. The first-order valence-electron chi connectivity index (χ1n) is 11.0. The molecule has 0 aromatic carbocycles. The highest BCUT2D eigenvalue weighted by Crippen LogP contribution is 2.32. The van der Waals surface area contributed by atoms with Gasteiger partial charge in [-0.2, -0.15) is 0 Å². The molecule has 0 spiro atoms. The Labute approximate surface area is 155 Å². The van der Waals surface area contributed by atoms with Crippen LogP contribution in [0.4, 0.5) is 0 Å². The van der Waals surface area contributed by atoms with Gasteiger partial charge in [0.1, 0.15) is 6.29 Å². The van der Waals surface area contributed by atoms with Crippen molar-refractivity contribution in [2.45, 2.75) is 122 Å². The third-order valence-electron chi connectivity index (χ3n) is 5.73. The summed E-state index contributed by atoms with van der Waals surface area (Å²) in [6, 6.07) is 0. The van der Waals surface area contributed by atoms with Crippen LogP contribution in [0.5, 0.6) is 0 Å². The molecule has 1 aliphatic rings. The van der Waals surface area contributed by atoms with Gasteiger partial charge in [0, 0.05) is 13.0 Å². The number of carbonyl (C=O) groups excluding carboxylic acids is 2.